The molecule has 112 valence electrons. The highest BCUT2D eigenvalue weighted by Crippen LogP contribution is 2.39. The third-order valence-corrected chi connectivity index (χ3v) is 3.79. The number of nitrogens with zero attached hydrogens (tertiary/aromatic N) is 1. The second kappa shape index (κ2) is 6.24. The van der Waals surface area contributed by atoms with E-state index in [1.54, 1.807) is 7.11 Å². The first-order valence-electron chi connectivity index (χ1n) is 6.83. The summed E-state index contributed by atoms with van der Waals surface area (Å²) in [7, 11) is 1.63. The quantitative estimate of drug-likeness (QED) is 0.693. The molecule has 0 aromatic carbocycles. The first-order valence-corrected chi connectivity index (χ1v) is 7.36. The molecule has 5 nitrogen and oxygen atoms in total. The Morgan fingerprint density at radius 3 is 2.53 bits per heavy atom. The van der Waals surface area contributed by atoms with Gasteiger partial charge < -0.3 is 18.9 Å². The number of methoxy groups -OCH3 is 1. The van der Waals surface area contributed by atoms with Gasteiger partial charge in [-0.15, -0.1) is 11.6 Å². The van der Waals surface area contributed by atoms with Crippen LogP contribution in [0.3, 0.4) is 0 Å². The number of hydrogen-bond acceptors (Lipinski definition) is 5. The van der Waals surface area contributed by atoms with Crippen LogP contribution in [-0.4, -0.2) is 67.9 Å². The van der Waals surface area contributed by atoms with Crippen molar-refractivity contribution in [2.45, 2.75) is 51.2 Å². The summed E-state index contributed by atoms with van der Waals surface area (Å²) in [5.41, 5.74) is 0. The zero-order chi connectivity index (χ0) is 14.0. The van der Waals surface area contributed by atoms with Gasteiger partial charge in [-0.1, -0.05) is 6.92 Å². The van der Waals surface area contributed by atoms with Gasteiger partial charge in [0.15, 0.2) is 12.1 Å². The molecule has 2 aliphatic heterocycles. The van der Waals surface area contributed by atoms with Crippen molar-refractivity contribution < 1.29 is 18.9 Å². The van der Waals surface area contributed by atoms with Gasteiger partial charge in [0, 0.05) is 26.1 Å². The number of fused-ring (bicyclic) bond motifs is 1. The summed E-state index contributed by atoms with van der Waals surface area (Å²) in [6.07, 6.45) is -0.629. The van der Waals surface area contributed by atoms with Crippen LogP contribution in [0.4, 0.5) is 0 Å². The third kappa shape index (κ3) is 3.40. The first kappa shape index (κ1) is 15.5. The fourth-order valence-corrected chi connectivity index (χ4v) is 2.97. The summed E-state index contributed by atoms with van der Waals surface area (Å²) in [6.45, 7) is 8.52. The second-order valence-corrected chi connectivity index (χ2v) is 5.80. The zero-order valence-electron chi connectivity index (χ0n) is 12.1. The van der Waals surface area contributed by atoms with Crippen molar-refractivity contribution in [3.63, 3.8) is 0 Å². The minimum absolute atomic E-state index is 0.0418. The van der Waals surface area contributed by atoms with Gasteiger partial charge in [-0.3, -0.25) is 4.90 Å². The van der Waals surface area contributed by atoms with E-state index in [1.165, 1.54) is 0 Å². The molecule has 4 atom stereocenters. The van der Waals surface area contributed by atoms with E-state index in [2.05, 4.69) is 11.8 Å². The van der Waals surface area contributed by atoms with Crippen LogP contribution < -0.4 is 0 Å². The molecule has 2 saturated heterocycles. The van der Waals surface area contributed by atoms with Gasteiger partial charge in [-0.2, -0.15) is 0 Å². The van der Waals surface area contributed by atoms with E-state index >= 15 is 0 Å². The Balaban J connectivity index is 2.01. The maximum Gasteiger partial charge on any atom is 0.186 e. The van der Waals surface area contributed by atoms with Crippen LogP contribution in [0.15, 0.2) is 0 Å². The fraction of sp³-hybridized carbons (Fsp3) is 1.00. The number of rotatable bonds is 6. The van der Waals surface area contributed by atoms with E-state index in [0.29, 0.717) is 5.88 Å². The van der Waals surface area contributed by atoms with Crippen LogP contribution in [0.1, 0.15) is 20.8 Å². The van der Waals surface area contributed by atoms with Gasteiger partial charge in [0.1, 0.15) is 18.3 Å². The molecule has 0 aromatic rings. The van der Waals surface area contributed by atoms with Crippen LogP contribution in [0.5, 0.6) is 0 Å². The van der Waals surface area contributed by atoms with Crippen molar-refractivity contribution in [1.29, 1.82) is 0 Å². The molecule has 4 unspecified atom stereocenters. The predicted molar refractivity (Wildman–Crippen MR) is 72.3 cm³/mol. The molecule has 0 N–H and O–H groups in total. The largest absolute Gasteiger partial charge is 0.353 e. The van der Waals surface area contributed by atoms with E-state index in [0.717, 1.165) is 19.6 Å². The molecule has 0 radical (unpaired) electrons. The van der Waals surface area contributed by atoms with E-state index in [4.69, 9.17) is 30.5 Å². The lowest BCUT2D eigenvalue weighted by molar-refractivity contribution is -0.228. The van der Waals surface area contributed by atoms with Crippen molar-refractivity contribution >= 4 is 11.6 Å². The third-order valence-electron chi connectivity index (χ3n) is 3.63. The zero-order valence-corrected chi connectivity index (χ0v) is 12.9. The minimum Gasteiger partial charge on any atom is -0.353 e. The Morgan fingerprint density at radius 1 is 1.26 bits per heavy atom. The number of halogens is 1. The molecular formula is C13H24ClNO4. The van der Waals surface area contributed by atoms with Crippen molar-refractivity contribution in [1.82, 2.24) is 4.90 Å². The standard InChI is InChI=1S/C13H24ClNO4/c1-5-15(7-6-14)8-9-10-11(12(16-4)17-9)19-13(2,3)18-10/h9-12H,5-8H2,1-4H3. The highest BCUT2D eigenvalue weighted by atomic mass is 35.5. The molecule has 0 saturated carbocycles. The molecule has 0 bridgehead atoms. The molecule has 19 heavy (non-hydrogen) atoms. The monoisotopic (exact) mass is 293 g/mol. The maximum absolute atomic E-state index is 5.95. The summed E-state index contributed by atoms with van der Waals surface area (Å²) in [5.74, 6) is 0.0445. The molecule has 2 fully saturated rings. The number of hydrogen-bond donors (Lipinski definition) is 0. The summed E-state index contributed by atoms with van der Waals surface area (Å²) in [5, 5.41) is 0. The lowest BCUT2D eigenvalue weighted by Gasteiger charge is -2.27. The van der Waals surface area contributed by atoms with E-state index < -0.39 is 5.79 Å². The van der Waals surface area contributed by atoms with E-state index in [-0.39, 0.29) is 24.6 Å². The van der Waals surface area contributed by atoms with E-state index in [1.807, 2.05) is 13.8 Å². The van der Waals surface area contributed by atoms with Gasteiger partial charge in [0.25, 0.3) is 0 Å². The lowest BCUT2D eigenvalue weighted by atomic mass is 10.1. The molecule has 2 heterocycles. The smallest absolute Gasteiger partial charge is 0.186 e. The van der Waals surface area contributed by atoms with Gasteiger partial charge in [0.2, 0.25) is 0 Å². The summed E-state index contributed by atoms with van der Waals surface area (Å²) < 4.78 is 23.1. The highest BCUT2D eigenvalue weighted by Gasteiger charge is 2.55. The Morgan fingerprint density at radius 2 is 1.95 bits per heavy atom. The lowest BCUT2D eigenvalue weighted by Crippen LogP contribution is -2.40. The van der Waals surface area contributed by atoms with Gasteiger partial charge in [-0.25, -0.2) is 0 Å². The Labute approximate surface area is 120 Å². The fourth-order valence-electron chi connectivity index (χ4n) is 2.73. The maximum atomic E-state index is 5.95. The first-order chi connectivity index (χ1) is 9.00. The average Bonchev–Trinajstić information content (AvgIpc) is 2.83. The topological polar surface area (TPSA) is 40.2 Å². The molecule has 0 aromatic heterocycles. The summed E-state index contributed by atoms with van der Waals surface area (Å²) in [6, 6.07) is 0. The number of likely N-dealkylation sites (N-methyl/N-ethyl adjacent to an activating group) is 1. The van der Waals surface area contributed by atoms with Gasteiger partial charge >= 0.3 is 0 Å². The second-order valence-electron chi connectivity index (χ2n) is 5.43. The molecule has 2 rings (SSSR count). The van der Waals surface area contributed by atoms with Crippen LogP contribution in [0, 0.1) is 0 Å². The Hall–Kier alpha value is 0.0900. The Bertz CT molecular complexity index is 302. The molecule has 2 aliphatic rings. The molecule has 0 spiro atoms. The van der Waals surface area contributed by atoms with Crippen molar-refractivity contribution in [3.05, 3.63) is 0 Å². The SMILES string of the molecule is CCN(CCCl)CC1OC(OC)C2OC(C)(C)OC12. The van der Waals surface area contributed by atoms with Crippen LogP contribution >= 0.6 is 11.6 Å². The minimum atomic E-state index is -0.572. The van der Waals surface area contributed by atoms with Crippen LogP contribution in [0.25, 0.3) is 0 Å². The van der Waals surface area contributed by atoms with Gasteiger partial charge in [-0.05, 0) is 20.4 Å². The van der Waals surface area contributed by atoms with Crippen molar-refractivity contribution in [2.75, 3.05) is 32.6 Å². The predicted octanol–water partition coefficient (Wildman–Crippen LogP) is 1.44. The summed E-state index contributed by atoms with van der Waals surface area (Å²) in [4.78, 5) is 2.25. The normalized spacial score (nSPS) is 36.9. The molecule has 0 amide bonds. The average molecular weight is 294 g/mol. The van der Waals surface area contributed by atoms with Gasteiger partial charge in [0.05, 0.1) is 0 Å². The number of alkyl halides is 1. The van der Waals surface area contributed by atoms with Crippen LogP contribution in [0.2, 0.25) is 0 Å². The molecular weight excluding hydrogens is 270 g/mol. The Kier molecular flexibility index (Phi) is 5.09. The molecule has 6 heteroatoms. The van der Waals surface area contributed by atoms with Crippen molar-refractivity contribution in [2.24, 2.45) is 0 Å². The number of ether oxygens (including phenoxy) is 4. The molecule has 0 aliphatic carbocycles. The highest BCUT2D eigenvalue weighted by molar-refractivity contribution is 6.18. The van der Waals surface area contributed by atoms with Crippen LogP contribution in [-0.2, 0) is 18.9 Å². The summed E-state index contributed by atoms with van der Waals surface area (Å²) >= 11 is 5.81. The van der Waals surface area contributed by atoms with Crippen molar-refractivity contribution in [3.8, 4) is 0 Å². The van der Waals surface area contributed by atoms with E-state index in [9.17, 15) is 0 Å².